The second kappa shape index (κ2) is 11.5. The second-order valence-electron chi connectivity index (χ2n) is 8.06. The molecule has 0 fully saturated rings. The van der Waals surface area contributed by atoms with Crippen LogP contribution < -0.4 is 5.48 Å². The second-order valence-corrected chi connectivity index (χ2v) is 8.95. The van der Waals surface area contributed by atoms with Gasteiger partial charge in [-0.2, -0.15) is 5.48 Å². The molecule has 0 amide bonds. The minimum absolute atomic E-state index is 0.128. The summed E-state index contributed by atoms with van der Waals surface area (Å²) in [6, 6.07) is 30.1. The van der Waals surface area contributed by atoms with Gasteiger partial charge in [0.05, 0.1) is 22.2 Å². The zero-order valence-corrected chi connectivity index (χ0v) is 19.5. The van der Waals surface area contributed by atoms with Crippen molar-refractivity contribution in [1.29, 1.82) is 0 Å². The Labute approximate surface area is 199 Å². The van der Waals surface area contributed by atoms with Crippen LogP contribution in [0.2, 0.25) is 0 Å². The lowest BCUT2D eigenvalue weighted by Gasteiger charge is -2.16. The predicted octanol–water partition coefficient (Wildman–Crippen LogP) is 6.57. The molecule has 1 heterocycles. The van der Waals surface area contributed by atoms with E-state index in [1.807, 2.05) is 30.3 Å². The van der Waals surface area contributed by atoms with Gasteiger partial charge in [0.2, 0.25) is 0 Å². The fraction of sp³-hybridized carbons (Fsp3) is 0.214. The van der Waals surface area contributed by atoms with Gasteiger partial charge in [-0.3, -0.25) is 0 Å². The highest BCUT2D eigenvalue weighted by Crippen LogP contribution is 2.34. The van der Waals surface area contributed by atoms with Gasteiger partial charge < -0.3 is 4.84 Å². The van der Waals surface area contributed by atoms with E-state index in [4.69, 9.17) is 9.82 Å². The average molecular weight is 457 g/mol. The highest BCUT2D eigenvalue weighted by molar-refractivity contribution is 7.09. The van der Waals surface area contributed by atoms with Gasteiger partial charge in [0.15, 0.2) is 0 Å². The Morgan fingerprint density at radius 3 is 2.09 bits per heavy atom. The molecule has 0 radical (unpaired) electrons. The lowest BCUT2D eigenvalue weighted by molar-refractivity contribution is 0.0250. The van der Waals surface area contributed by atoms with E-state index in [2.05, 4.69) is 66.3 Å². The fourth-order valence-electron chi connectivity index (χ4n) is 3.84. The maximum absolute atomic E-state index is 12.0. The Morgan fingerprint density at radius 2 is 1.48 bits per heavy atom. The number of benzene rings is 3. The van der Waals surface area contributed by atoms with Gasteiger partial charge in [-0.1, -0.05) is 85.8 Å². The number of carbonyl (C=O) groups excluding carboxylic acids is 1. The number of aromatic nitrogens is 1. The maximum Gasteiger partial charge on any atom is 0.356 e. The number of nitrogens with one attached hydrogen (secondary N) is 1. The molecule has 5 heteroatoms. The van der Waals surface area contributed by atoms with Crippen molar-refractivity contribution in [3.63, 3.8) is 0 Å². The molecule has 1 aromatic heterocycles. The minimum Gasteiger partial charge on any atom is -0.367 e. The summed E-state index contributed by atoms with van der Waals surface area (Å²) in [4.78, 5) is 22.2. The van der Waals surface area contributed by atoms with Crippen LogP contribution >= 0.6 is 11.3 Å². The standard InChI is InChI=1S/C28H28N2O2S/c1-21(12-11-19-29-32-28(31)24-17-9-4-10-18-24)27-30-25(20-33-27)26(22-13-5-2-6-14-22)23-15-7-3-8-16-23/h2-10,13-18,20-21,26,29H,11-12,19H2,1H3. The number of hydrogen-bond donors (Lipinski definition) is 1. The topological polar surface area (TPSA) is 51.2 Å². The third-order valence-corrected chi connectivity index (χ3v) is 6.71. The molecule has 1 N–H and O–H groups in total. The summed E-state index contributed by atoms with van der Waals surface area (Å²) in [5.74, 6) is 0.104. The summed E-state index contributed by atoms with van der Waals surface area (Å²) in [5, 5.41) is 3.33. The lowest BCUT2D eigenvalue weighted by Crippen LogP contribution is -2.21. The first-order valence-corrected chi connectivity index (χ1v) is 12.1. The number of hydroxylamine groups is 1. The number of carbonyl (C=O) groups is 1. The van der Waals surface area contributed by atoms with Crippen LogP contribution in [0.1, 0.15) is 63.8 Å². The number of nitrogens with zero attached hydrogens (tertiary/aromatic N) is 1. The summed E-state index contributed by atoms with van der Waals surface area (Å²) in [7, 11) is 0. The first-order valence-electron chi connectivity index (χ1n) is 11.3. The van der Waals surface area contributed by atoms with E-state index in [1.165, 1.54) is 11.1 Å². The van der Waals surface area contributed by atoms with E-state index in [-0.39, 0.29) is 11.9 Å². The Balaban J connectivity index is 1.33. The van der Waals surface area contributed by atoms with E-state index in [1.54, 1.807) is 23.5 Å². The summed E-state index contributed by atoms with van der Waals surface area (Å²) in [6.07, 6.45) is 1.85. The molecule has 0 spiro atoms. The molecule has 3 aromatic carbocycles. The molecule has 1 atom stereocenters. The van der Waals surface area contributed by atoms with Crippen LogP contribution in [0.25, 0.3) is 0 Å². The van der Waals surface area contributed by atoms with E-state index >= 15 is 0 Å². The summed E-state index contributed by atoms with van der Waals surface area (Å²) in [6.45, 7) is 2.82. The van der Waals surface area contributed by atoms with Crippen LogP contribution in [0.4, 0.5) is 0 Å². The molecule has 4 nitrogen and oxygen atoms in total. The highest BCUT2D eigenvalue weighted by atomic mass is 32.1. The molecule has 4 aromatic rings. The molecular formula is C28H28N2O2S. The normalized spacial score (nSPS) is 11.9. The molecular weight excluding hydrogens is 428 g/mol. The van der Waals surface area contributed by atoms with E-state index in [9.17, 15) is 4.79 Å². The number of thiazole rings is 1. The molecule has 0 aliphatic rings. The predicted molar refractivity (Wildman–Crippen MR) is 133 cm³/mol. The van der Waals surface area contributed by atoms with Crippen LogP contribution in [0, 0.1) is 0 Å². The fourth-order valence-corrected chi connectivity index (χ4v) is 4.78. The van der Waals surface area contributed by atoms with Crippen LogP contribution in [0.15, 0.2) is 96.4 Å². The first-order chi connectivity index (χ1) is 16.2. The first kappa shape index (κ1) is 22.9. The minimum atomic E-state index is -0.360. The van der Waals surface area contributed by atoms with E-state index in [0.29, 0.717) is 18.0 Å². The quantitative estimate of drug-likeness (QED) is 0.217. The third kappa shape index (κ3) is 6.15. The zero-order valence-electron chi connectivity index (χ0n) is 18.7. The Hall–Kier alpha value is -3.28. The van der Waals surface area contributed by atoms with Gasteiger partial charge in [0.1, 0.15) is 0 Å². The largest absolute Gasteiger partial charge is 0.367 e. The van der Waals surface area contributed by atoms with Crippen molar-refractivity contribution in [3.8, 4) is 0 Å². The van der Waals surface area contributed by atoms with Gasteiger partial charge in [-0.25, -0.2) is 9.78 Å². The van der Waals surface area contributed by atoms with Crippen molar-refractivity contribution >= 4 is 17.3 Å². The number of rotatable bonds is 10. The molecule has 0 saturated heterocycles. The molecule has 4 rings (SSSR count). The van der Waals surface area contributed by atoms with E-state index < -0.39 is 0 Å². The highest BCUT2D eigenvalue weighted by Gasteiger charge is 2.21. The van der Waals surface area contributed by atoms with Gasteiger partial charge in [-0.15, -0.1) is 11.3 Å². The molecule has 168 valence electrons. The van der Waals surface area contributed by atoms with Crippen molar-refractivity contribution in [2.75, 3.05) is 6.54 Å². The number of hydrogen-bond acceptors (Lipinski definition) is 5. The van der Waals surface area contributed by atoms with Crippen LogP contribution in [-0.2, 0) is 4.84 Å². The van der Waals surface area contributed by atoms with Gasteiger partial charge in [0, 0.05) is 17.8 Å². The average Bonchev–Trinajstić information content (AvgIpc) is 3.35. The third-order valence-electron chi connectivity index (χ3n) is 5.61. The molecule has 0 aliphatic carbocycles. The zero-order chi connectivity index (χ0) is 22.9. The molecule has 33 heavy (non-hydrogen) atoms. The molecule has 0 aliphatic heterocycles. The Bertz CT molecular complexity index is 1090. The van der Waals surface area contributed by atoms with Crippen molar-refractivity contribution < 1.29 is 9.63 Å². The van der Waals surface area contributed by atoms with Gasteiger partial charge >= 0.3 is 5.97 Å². The molecule has 0 bridgehead atoms. The molecule has 0 saturated carbocycles. The van der Waals surface area contributed by atoms with Crippen LogP contribution in [0.3, 0.4) is 0 Å². The van der Waals surface area contributed by atoms with E-state index in [0.717, 1.165) is 23.5 Å². The Kier molecular flexibility index (Phi) is 8.01. The van der Waals surface area contributed by atoms with Crippen LogP contribution in [-0.4, -0.2) is 17.5 Å². The maximum atomic E-state index is 12.0. The summed E-state index contributed by atoms with van der Waals surface area (Å²) in [5.41, 5.74) is 6.92. The molecule has 1 unspecified atom stereocenters. The van der Waals surface area contributed by atoms with Crippen LogP contribution in [0.5, 0.6) is 0 Å². The summed E-state index contributed by atoms with van der Waals surface area (Å²) >= 11 is 1.72. The van der Waals surface area contributed by atoms with Crippen molar-refractivity contribution in [1.82, 2.24) is 10.5 Å². The van der Waals surface area contributed by atoms with Crippen molar-refractivity contribution in [2.24, 2.45) is 0 Å². The smallest absolute Gasteiger partial charge is 0.356 e. The van der Waals surface area contributed by atoms with Gasteiger partial charge in [-0.05, 0) is 36.1 Å². The van der Waals surface area contributed by atoms with Crippen molar-refractivity contribution in [2.45, 2.75) is 31.6 Å². The van der Waals surface area contributed by atoms with Gasteiger partial charge in [0.25, 0.3) is 0 Å². The van der Waals surface area contributed by atoms with Crippen molar-refractivity contribution in [3.05, 3.63) is 124 Å². The summed E-state index contributed by atoms with van der Waals surface area (Å²) < 4.78 is 0. The SMILES string of the molecule is CC(CCCNOC(=O)c1ccccc1)c1nc(C(c2ccccc2)c2ccccc2)cs1. The lowest BCUT2D eigenvalue weighted by atomic mass is 9.89. The monoisotopic (exact) mass is 456 g/mol. The Morgan fingerprint density at radius 1 is 0.909 bits per heavy atom.